The van der Waals surface area contributed by atoms with Crippen LogP contribution in [0.4, 0.5) is 0 Å². The molecule has 0 aromatic rings. The molecule has 2 N–H and O–H groups in total. The third kappa shape index (κ3) is 3.83. The van der Waals surface area contributed by atoms with Gasteiger partial charge < -0.3 is 5.84 Å². The van der Waals surface area contributed by atoms with Gasteiger partial charge in [0.15, 0.2) is 0 Å². The van der Waals surface area contributed by atoms with Crippen molar-refractivity contribution in [2.75, 3.05) is 6.66 Å². The molecule has 0 amide bonds. The van der Waals surface area contributed by atoms with Crippen LogP contribution in [0.3, 0.4) is 0 Å². The molecule has 1 atom stereocenters. The smallest absolute Gasteiger partial charge is 0.0247 e. The summed E-state index contributed by atoms with van der Waals surface area (Å²) in [5.41, 5.74) is 0. The second kappa shape index (κ2) is 3.83. The van der Waals surface area contributed by atoms with Gasteiger partial charge in [0.05, 0.1) is 0 Å². The summed E-state index contributed by atoms with van der Waals surface area (Å²) in [7, 11) is 0.491. The van der Waals surface area contributed by atoms with Crippen molar-refractivity contribution in [3.8, 4) is 0 Å². The van der Waals surface area contributed by atoms with Gasteiger partial charge in [0.25, 0.3) is 0 Å². The van der Waals surface area contributed by atoms with Crippen LogP contribution in [0.15, 0.2) is 10.1 Å². The number of rotatable bonds is 1. The van der Waals surface area contributed by atoms with E-state index in [2.05, 4.69) is 16.0 Å². The molecule has 0 aliphatic rings. The second-order valence-corrected chi connectivity index (χ2v) is 1.09. The SMILES string of the molecule is CPN=NN. The van der Waals surface area contributed by atoms with Gasteiger partial charge in [-0.25, -0.2) is 0 Å². The van der Waals surface area contributed by atoms with Crippen LogP contribution in [0.5, 0.6) is 0 Å². The molecule has 4 heteroatoms. The van der Waals surface area contributed by atoms with Gasteiger partial charge in [-0.1, -0.05) is 5.22 Å². The lowest BCUT2D eigenvalue weighted by molar-refractivity contribution is 1.11. The molecule has 3 nitrogen and oxygen atoms in total. The van der Waals surface area contributed by atoms with Gasteiger partial charge in [-0.05, 0) is 6.66 Å². The lowest BCUT2D eigenvalue weighted by Crippen LogP contribution is -1.69. The largest absolute Gasteiger partial charge is 0.305 e. The van der Waals surface area contributed by atoms with Gasteiger partial charge in [-0.3, -0.25) is 0 Å². The number of nitrogens with two attached hydrogens (primary N) is 1. The molecule has 5 heavy (non-hydrogen) atoms. The van der Waals surface area contributed by atoms with Gasteiger partial charge in [0.2, 0.25) is 0 Å². The number of hydrogen-bond acceptors (Lipinski definition) is 2. The van der Waals surface area contributed by atoms with Crippen LogP contribution >= 0.6 is 8.73 Å². The Bertz CT molecular complexity index is 33.9. The Hall–Kier alpha value is -0.170. The van der Waals surface area contributed by atoms with Gasteiger partial charge in [-0.15, -0.1) is 0 Å². The van der Waals surface area contributed by atoms with Gasteiger partial charge >= 0.3 is 0 Å². The molecule has 30 valence electrons. The summed E-state index contributed by atoms with van der Waals surface area (Å²) >= 11 is 0. The Morgan fingerprint density at radius 3 is 2.40 bits per heavy atom. The summed E-state index contributed by atoms with van der Waals surface area (Å²) < 4.78 is 0. The molecule has 0 fully saturated rings. The minimum atomic E-state index is 0.491. The molecule has 0 saturated carbocycles. The molecule has 0 aromatic heterocycles. The highest BCUT2D eigenvalue weighted by molar-refractivity contribution is 7.35. The maximum Gasteiger partial charge on any atom is 0.0247 e. The van der Waals surface area contributed by atoms with Crippen LogP contribution in [0, 0.1) is 0 Å². The molecular formula is CH6N3P. The van der Waals surface area contributed by atoms with Crippen LogP contribution in [-0.4, -0.2) is 6.66 Å². The molecule has 0 aliphatic heterocycles. The van der Waals surface area contributed by atoms with E-state index in [4.69, 9.17) is 0 Å². The highest BCUT2D eigenvalue weighted by Gasteiger charge is 1.52. The minimum absolute atomic E-state index is 0.491. The van der Waals surface area contributed by atoms with E-state index in [1.54, 1.807) is 0 Å². The predicted molar refractivity (Wildman–Crippen MR) is 23.3 cm³/mol. The monoisotopic (exact) mass is 91.0 g/mol. The Kier molecular flexibility index (Phi) is 3.70. The highest BCUT2D eigenvalue weighted by atomic mass is 31.1. The van der Waals surface area contributed by atoms with Crippen LogP contribution < -0.4 is 5.84 Å². The van der Waals surface area contributed by atoms with Crippen LogP contribution in [0.2, 0.25) is 0 Å². The highest BCUT2D eigenvalue weighted by Crippen LogP contribution is 2.00. The van der Waals surface area contributed by atoms with Crippen LogP contribution in [0.25, 0.3) is 0 Å². The lowest BCUT2D eigenvalue weighted by Gasteiger charge is -1.66. The molecular weight excluding hydrogens is 85.0 g/mol. The van der Waals surface area contributed by atoms with E-state index >= 15 is 0 Å². The Morgan fingerprint density at radius 1 is 1.80 bits per heavy atom. The van der Waals surface area contributed by atoms with Crippen molar-refractivity contribution >= 4 is 8.73 Å². The maximum absolute atomic E-state index is 4.60. The van der Waals surface area contributed by atoms with E-state index in [9.17, 15) is 0 Å². The maximum atomic E-state index is 4.60. The summed E-state index contributed by atoms with van der Waals surface area (Å²) in [4.78, 5) is 3.40. The first-order chi connectivity index (χ1) is 2.41. The van der Waals surface area contributed by atoms with E-state index in [0.717, 1.165) is 0 Å². The Morgan fingerprint density at radius 2 is 2.40 bits per heavy atom. The average Bonchev–Trinajstić information content (AvgIpc) is 1.41. The normalized spacial score (nSPS) is 12.2. The molecule has 0 saturated heterocycles. The summed E-state index contributed by atoms with van der Waals surface area (Å²) in [6.07, 6.45) is 0. The van der Waals surface area contributed by atoms with Crippen LogP contribution in [0.1, 0.15) is 0 Å². The molecule has 0 rings (SSSR count). The predicted octanol–water partition coefficient (Wildman–Crippen LogP) is 0.536. The van der Waals surface area contributed by atoms with Crippen molar-refractivity contribution in [2.24, 2.45) is 16.0 Å². The zero-order valence-electron chi connectivity index (χ0n) is 2.97. The standard InChI is InChI=1S/CH6N3P/c1-5-4-3-2/h5H,1H3,(H2,2,4). The fourth-order valence-electron chi connectivity index (χ4n) is 0.0577. The van der Waals surface area contributed by atoms with E-state index < -0.39 is 0 Å². The van der Waals surface area contributed by atoms with E-state index in [1.807, 2.05) is 6.66 Å². The van der Waals surface area contributed by atoms with Crippen molar-refractivity contribution in [1.82, 2.24) is 0 Å². The lowest BCUT2D eigenvalue weighted by atomic mass is 12.0. The van der Waals surface area contributed by atoms with Gasteiger partial charge in [0.1, 0.15) is 0 Å². The second-order valence-electron chi connectivity index (χ2n) is 0.439. The number of hydrogen-bond donors (Lipinski definition) is 1. The van der Waals surface area contributed by atoms with Crippen molar-refractivity contribution in [1.29, 1.82) is 0 Å². The van der Waals surface area contributed by atoms with E-state index in [1.165, 1.54) is 0 Å². The Labute approximate surface area is 32.5 Å². The topological polar surface area (TPSA) is 50.7 Å². The first-order valence-electron chi connectivity index (χ1n) is 1.18. The molecule has 0 aromatic carbocycles. The van der Waals surface area contributed by atoms with Crippen molar-refractivity contribution in [2.45, 2.75) is 0 Å². The first kappa shape index (κ1) is 4.83. The molecule has 1 unspecified atom stereocenters. The summed E-state index contributed by atoms with van der Waals surface area (Å²) in [5.74, 6) is 4.60. The van der Waals surface area contributed by atoms with Crippen LogP contribution in [-0.2, 0) is 0 Å². The molecule has 0 spiro atoms. The fourth-order valence-corrected chi connectivity index (χ4v) is 0.173. The summed E-state index contributed by atoms with van der Waals surface area (Å²) in [5, 5.41) is 2.99. The molecule has 0 aliphatic carbocycles. The van der Waals surface area contributed by atoms with E-state index in [0.29, 0.717) is 8.73 Å². The molecule has 0 radical (unpaired) electrons. The van der Waals surface area contributed by atoms with Crippen molar-refractivity contribution in [3.63, 3.8) is 0 Å². The first-order valence-corrected chi connectivity index (χ1v) is 2.63. The van der Waals surface area contributed by atoms with Gasteiger partial charge in [0, 0.05) is 8.73 Å². The minimum Gasteiger partial charge on any atom is -0.305 e. The third-order valence-electron chi connectivity index (χ3n) is 0.158. The van der Waals surface area contributed by atoms with Crippen molar-refractivity contribution in [3.05, 3.63) is 0 Å². The number of nitrogens with zero attached hydrogens (tertiary/aromatic N) is 2. The Balaban J connectivity index is 2.62. The quantitative estimate of drug-likeness (QED) is 0.217. The molecule has 0 heterocycles. The zero-order valence-corrected chi connectivity index (χ0v) is 3.97. The van der Waals surface area contributed by atoms with E-state index in [-0.39, 0.29) is 0 Å². The summed E-state index contributed by atoms with van der Waals surface area (Å²) in [6.45, 7) is 1.90. The summed E-state index contributed by atoms with van der Waals surface area (Å²) in [6, 6.07) is 0. The van der Waals surface area contributed by atoms with Gasteiger partial charge in [-0.2, -0.15) is 4.88 Å². The fraction of sp³-hybridized carbons (Fsp3) is 1.00. The average molecular weight is 91.1 g/mol. The zero-order chi connectivity index (χ0) is 4.12. The third-order valence-corrected chi connectivity index (χ3v) is 0.473. The molecule has 0 bridgehead atoms. The van der Waals surface area contributed by atoms with Crippen molar-refractivity contribution < 1.29 is 0 Å².